The van der Waals surface area contributed by atoms with Crippen molar-refractivity contribution in [2.24, 2.45) is 5.92 Å². The number of fused-ring (bicyclic) bond motifs is 1. The zero-order valence-corrected chi connectivity index (χ0v) is 13.4. The van der Waals surface area contributed by atoms with Crippen molar-refractivity contribution in [2.45, 2.75) is 37.5 Å². The third-order valence-electron chi connectivity index (χ3n) is 5.67. The molecule has 116 valence electrons. The van der Waals surface area contributed by atoms with Crippen molar-refractivity contribution in [2.75, 3.05) is 0 Å². The molecule has 0 heterocycles. The first kappa shape index (κ1) is 14.4. The van der Waals surface area contributed by atoms with Gasteiger partial charge in [-0.05, 0) is 46.9 Å². The maximum absolute atomic E-state index is 7.76. The molecule has 3 unspecified atom stereocenters. The predicted molar refractivity (Wildman–Crippen MR) is 97.2 cm³/mol. The molecule has 1 saturated carbocycles. The summed E-state index contributed by atoms with van der Waals surface area (Å²) in [6.45, 7) is 0. The number of rotatable bonds is 3. The molecule has 3 atom stereocenters. The smallest absolute Gasteiger partial charge is 0.0253 e. The van der Waals surface area contributed by atoms with Gasteiger partial charge >= 0.3 is 0 Å². The molecule has 1 fully saturated rings. The molecule has 4 rings (SSSR count). The Hall–Kier alpha value is -2.15. The fourth-order valence-corrected chi connectivity index (χ4v) is 4.61. The summed E-state index contributed by atoms with van der Waals surface area (Å²) in [5.74, 6) is 1.77. The lowest BCUT2D eigenvalue weighted by atomic mass is 9.68. The minimum absolute atomic E-state index is 0.537. The second-order valence-corrected chi connectivity index (χ2v) is 6.84. The second kappa shape index (κ2) is 6.16. The van der Waals surface area contributed by atoms with Gasteiger partial charge < -0.3 is 5.41 Å². The molecule has 2 aromatic rings. The van der Waals surface area contributed by atoms with Crippen LogP contribution in [0.25, 0.3) is 6.08 Å². The van der Waals surface area contributed by atoms with Gasteiger partial charge in [0.15, 0.2) is 0 Å². The topological polar surface area (TPSA) is 23.9 Å². The second-order valence-electron chi connectivity index (χ2n) is 6.84. The molecule has 0 amide bonds. The van der Waals surface area contributed by atoms with E-state index in [0.29, 0.717) is 17.8 Å². The van der Waals surface area contributed by atoms with Crippen LogP contribution in [0.2, 0.25) is 0 Å². The highest BCUT2D eigenvalue weighted by molar-refractivity contribution is 5.79. The monoisotopic (exact) mass is 301 g/mol. The summed E-state index contributed by atoms with van der Waals surface area (Å²) in [5, 5.41) is 7.76. The molecule has 0 bridgehead atoms. The normalized spacial score (nSPS) is 26.0. The zero-order valence-electron chi connectivity index (χ0n) is 13.4. The Morgan fingerprint density at radius 3 is 2.48 bits per heavy atom. The molecule has 2 aliphatic carbocycles. The van der Waals surface area contributed by atoms with Gasteiger partial charge in [-0.25, -0.2) is 0 Å². The van der Waals surface area contributed by atoms with Crippen LogP contribution in [0, 0.1) is 11.3 Å². The van der Waals surface area contributed by atoms with Crippen molar-refractivity contribution >= 4 is 12.3 Å². The van der Waals surface area contributed by atoms with Crippen LogP contribution in [0.15, 0.2) is 54.6 Å². The fraction of sp³-hybridized carbons (Fsp3) is 0.318. The molecular weight excluding hydrogens is 278 g/mol. The summed E-state index contributed by atoms with van der Waals surface area (Å²) >= 11 is 0. The van der Waals surface area contributed by atoms with Crippen LogP contribution in [0.3, 0.4) is 0 Å². The van der Waals surface area contributed by atoms with E-state index in [1.54, 1.807) is 0 Å². The molecule has 2 aliphatic rings. The first-order valence-electron chi connectivity index (χ1n) is 8.75. The van der Waals surface area contributed by atoms with E-state index in [9.17, 15) is 0 Å². The summed E-state index contributed by atoms with van der Waals surface area (Å²) < 4.78 is 0. The van der Waals surface area contributed by atoms with E-state index in [1.807, 2.05) is 6.07 Å². The van der Waals surface area contributed by atoms with Gasteiger partial charge in [0.05, 0.1) is 0 Å². The van der Waals surface area contributed by atoms with Gasteiger partial charge in [-0.1, -0.05) is 73.5 Å². The Morgan fingerprint density at radius 2 is 1.61 bits per heavy atom. The largest absolute Gasteiger partial charge is 0.308 e. The summed E-state index contributed by atoms with van der Waals surface area (Å²) in [6.07, 6.45) is 11.4. The van der Waals surface area contributed by atoms with Crippen LogP contribution in [0.5, 0.6) is 0 Å². The average Bonchev–Trinajstić information content (AvgIpc) is 3.05. The molecule has 0 spiro atoms. The standard InChI is InChI=1S/C22H23N/c23-15-17-8-2-4-10-19(17)20-11-5-6-12-21(20)22-14-13-16-7-1-3-9-18(16)22/h1-4,7-10,13-15,20-23H,5-6,11-12H2. The zero-order chi connectivity index (χ0) is 15.6. The van der Waals surface area contributed by atoms with Gasteiger partial charge in [-0.2, -0.15) is 0 Å². The summed E-state index contributed by atoms with van der Waals surface area (Å²) in [6, 6.07) is 17.3. The summed E-state index contributed by atoms with van der Waals surface area (Å²) in [7, 11) is 0. The third-order valence-corrected chi connectivity index (χ3v) is 5.67. The highest BCUT2D eigenvalue weighted by atomic mass is 14.4. The fourth-order valence-electron chi connectivity index (χ4n) is 4.61. The van der Waals surface area contributed by atoms with Crippen molar-refractivity contribution in [3.8, 4) is 0 Å². The lowest BCUT2D eigenvalue weighted by molar-refractivity contribution is 0.285. The average molecular weight is 301 g/mol. The van der Waals surface area contributed by atoms with Crippen LogP contribution in [0.1, 0.15) is 59.8 Å². The number of benzene rings is 2. The van der Waals surface area contributed by atoms with E-state index in [2.05, 4.69) is 54.6 Å². The molecular formula is C22H23N. The van der Waals surface area contributed by atoms with E-state index < -0.39 is 0 Å². The molecule has 1 N–H and O–H groups in total. The van der Waals surface area contributed by atoms with Gasteiger partial charge in [0.25, 0.3) is 0 Å². The molecule has 1 nitrogen and oxygen atoms in total. The van der Waals surface area contributed by atoms with Crippen LogP contribution < -0.4 is 0 Å². The quantitative estimate of drug-likeness (QED) is 0.696. The maximum atomic E-state index is 7.76. The molecule has 0 aliphatic heterocycles. The van der Waals surface area contributed by atoms with Crippen molar-refractivity contribution in [3.63, 3.8) is 0 Å². The first-order chi connectivity index (χ1) is 11.4. The van der Waals surface area contributed by atoms with Crippen LogP contribution in [-0.2, 0) is 0 Å². The van der Waals surface area contributed by atoms with Gasteiger partial charge in [0.2, 0.25) is 0 Å². The maximum Gasteiger partial charge on any atom is 0.0253 e. The van der Waals surface area contributed by atoms with Crippen LogP contribution >= 0.6 is 0 Å². The van der Waals surface area contributed by atoms with Crippen molar-refractivity contribution in [1.29, 1.82) is 5.41 Å². The molecule has 23 heavy (non-hydrogen) atoms. The number of hydrogen-bond acceptors (Lipinski definition) is 1. The predicted octanol–water partition coefficient (Wildman–Crippen LogP) is 5.77. The SMILES string of the molecule is N=Cc1ccccc1C1CCCCC1C1C=Cc2ccccc21. The lowest BCUT2D eigenvalue weighted by Crippen LogP contribution is -2.23. The number of hydrogen-bond donors (Lipinski definition) is 1. The summed E-state index contributed by atoms with van der Waals surface area (Å²) in [5.41, 5.74) is 5.36. The molecule has 2 aromatic carbocycles. The van der Waals surface area contributed by atoms with Gasteiger partial charge in [0, 0.05) is 12.1 Å². The highest BCUT2D eigenvalue weighted by Gasteiger charge is 2.35. The van der Waals surface area contributed by atoms with Crippen molar-refractivity contribution in [1.82, 2.24) is 0 Å². The van der Waals surface area contributed by atoms with E-state index in [4.69, 9.17) is 5.41 Å². The Bertz CT molecular complexity index is 743. The molecule has 0 saturated heterocycles. The lowest BCUT2D eigenvalue weighted by Gasteiger charge is -2.36. The van der Waals surface area contributed by atoms with Gasteiger partial charge in [0.1, 0.15) is 0 Å². The Kier molecular flexibility index (Phi) is 3.87. The Balaban J connectivity index is 1.72. The van der Waals surface area contributed by atoms with Crippen molar-refractivity contribution < 1.29 is 0 Å². The molecule has 0 radical (unpaired) electrons. The van der Waals surface area contributed by atoms with Gasteiger partial charge in [-0.3, -0.25) is 0 Å². The number of nitrogens with one attached hydrogen (secondary N) is 1. The minimum atomic E-state index is 0.537. The van der Waals surface area contributed by atoms with E-state index in [-0.39, 0.29) is 0 Å². The van der Waals surface area contributed by atoms with E-state index in [1.165, 1.54) is 48.6 Å². The van der Waals surface area contributed by atoms with Crippen LogP contribution in [0.4, 0.5) is 0 Å². The summed E-state index contributed by atoms with van der Waals surface area (Å²) in [4.78, 5) is 0. The highest BCUT2D eigenvalue weighted by Crippen LogP contribution is 2.49. The third kappa shape index (κ3) is 2.55. The van der Waals surface area contributed by atoms with Crippen LogP contribution in [-0.4, -0.2) is 6.21 Å². The minimum Gasteiger partial charge on any atom is -0.308 e. The van der Waals surface area contributed by atoms with E-state index >= 15 is 0 Å². The van der Waals surface area contributed by atoms with Crippen molar-refractivity contribution in [3.05, 3.63) is 76.9 Å². The Labute approximate surface area is 138 Å². The molecule has 0 aromatic heterocycles. The Morgan fingerprint density at radius 1 is 0.870 bits per heavy atom. The number of allylic oxidation sites excluding steroid dienone is 1. The van der Waals surface area contributed by atoms with Gasteiger partial charge in [-0.15, -0.1) is 0 Å². The first-order valence-corrected chi connectivity index (χ1v) is 8.75. The van der Waals surface area contributed by atoms with E-state index in [0.717, 1.165) is 5.56 Å². The molecule has 1 heteroatoms.